The maximum absolute atomic E-state index is 10.3. The van der Waals surface area contributed by atoms with Crippen LogP contribution in [0.5, 0.6) is 0 Å². The summed E-state index contributed by atoms with van der Waals surface area (Å²) in [6, 6.07) is 9.37. The third kappa shape index (κ3) is 2.82. The van der Waals surface area contributed by atoms with E-state index in [1.807, 2.05) is 36.6 Å². The maximum atomic E-state index is 10.3. The van der Waals surface area contributed by atoms with Crippen molar-refractivity contribution in [2.45, 2.75) is 5.16 Å². The van der Waals surface area contributed by atoms with Gasteiger partial charge >= 0.3 is 0 Å². The van der Waals surface area contributed by atoms with E-state index >= 15 is 0 Å². The summed E-state index contributed by atoms with van der Waals surface area (Å²) in [6.07, 6.45) is 4.34. The lowest BCUT2D eigenvalue weighted by Gasteiger charge is -2.03. The van der Waals surface area contributed by atoms with Crippen molar-refractivity contribution in [3.05, 3.63) is 36.5 Å². The normalized spacial score (nSPS) is 9.94. The number of benzene rings is 1. The molecule has 0 atom stereocenters. The fraction of sp³-hybridized carbons (Fsp3) is 0.0833. The molecule has 1 amide bonds. The van der Waals surface area contributed by atoms with E-state index in [1.165, 1.54) is 11.8 Å². The van der Waals surface area contributed by atoms with E-state index in [0.717, 1.165) is 22.1 Å². The molecule has 0 spiro atoms. The van der Waals surface area contributed by atoms with Crippen molar-refractivity contribution in [2.24, 2.45) is 0 Å². The Morgan fingerprint density at radius 3 is 2.65 bits per heavy atom. The molecule has 5 heteroatoms. The highest BCUT2D eigenvalue weighted by molar-refractivity contribution is 7.98. The second-order valence-corrected chi connectivity index (χ2v) is 4.04. The van der Waals surface area contributed by atoms with Gasteiger partial charge in [-0.15, -0.1) is 0 Å². The zero-order valence-electron chi connectivity index (χ0n) is 9.25. The number of nitrogens with zero attached hydrogens (tertiary/aromatic N) is 2. The van der Waals surface area contributed by atoms with Crippen LogP contribution in [0.4, 0.5) is 5.69 Å². The molecule has 17 heavy (non-hydrogen) atoms. The van der Waals surface area contributed by atoms with Crippen molar-refractivity contribution < 1.29 is 4.79 Å². The van der Waals surface area contributed by atoms with Crippen LogP contribution in [0.25, 0.3) is 11.3 Å². The van der Waals surface area contributed by atoms with E-state index in [-0.39, 0.29) is 0 Å². The van der Waals surface area contributed by atoms with Crippen LogP contribution >= 0.6 is 11.8 Å². The predicted octanol–water partition coefficient (Wildman–Crippen LogP) is 2.43. The fourth-order valence-electron chi connectivity index (χ4n) is 1.41. The Balaban J connectivity index is 2.29. The van der Waals surface area contributed by atoms with E-state index < -0.39 is 0 Å². The summed E-state index contributed by atoms with van der Waals surface area (Å²) >= 11 is 1.51. The highest BCUT2D eigenvalue weighted by atomic mass is 32.2. The number of hydrogen-bond donors (Lipinski definition) is 1. The largest absolute Gasteiger partial charge is 0.329 e. The summed E-state index contributed by atoms with van der Waals surface area (Å²) in [5, 5.41) is 3.34. The van der Waals surface area contributed by atoms with E-state index in [1.54, 1.807) is 6.20 Å². The second-order valence-electron chi connectivity index (χ2n) is 3.27. The number of rotatable bonds is 4. The van der Waals surface area contributed by atoms with Crippen molar-refractivity contribution in [3.63, 3.8) is 0 Å². The number of aromatic nitrogens is 2. The fourth-order valence-corrected chi connectivity index (χ4v) is 1.76. The van der Waals surface area contributed by atoms with Crippen molar-refractivity contribution in [1.29, 1.82) is 0 Å². The average molecular weight is 245 g/mol. The Morgan fingerprint density at radius 2 is 2.00 bits per heavy atom. The quantitative estimate of drug-likeness (QED) is 0.510. The molecular formula is C12H11N3OS. The SMILES string of the molecule is CSc1nccc(-c2ccc(NC=O)cc2)n1. The van der Waals surface area contributed by atoms with Crippen LogP contribution in [-0.4, -0.2) is 22.6 Å². The molecule has 0 aliphatic carbocycles. The number of carbonyl (C=O) groups excluding carboxylic acids is 1. The number of hydrogen-bond acceptors (Lipinski definition) is 4. The van der Waals surface area contributed by atoms with Crippen LogP contribution in [0.3, 0.4) is 0 Å². The molecule has 1 N–H and O–H groups in total. The maximum Gasteiger partial charge on any atom is 0.211 e. The van der Waals surface area contributed by atoms with Gasteiger partial charge in [0, 0.05) is 17.4 Å². The van der Waals surface area contributed by atoms with Gasteiger partial charge in [-0.1, -0.05) is 23.9 Å². The lowest BCUT2D eigenvalue weighted by atomic mass is 10.1. The van der Waals surface area contributed by atoms with Crippen LogP contribution in [0.2, 0.25) is 0 Å². The van der Waals surface area contributed by atoms with E-state index in [4.69, 9.17) is 0 Å². The molecule has 4 nitrogen and oxygen atoms in total. The molecule has 0 aliphatic rings. The van der Waals surface area contributed by atoms with Crippen molar-refractivity contribution in [3.8, 4) is 11.3 Å². The Morgan fingerprint density at radius 1 is 1.24 bits per heavy atom. The van der Waals surface area contributed by atoms with Gasteiger partial charge in [-0.2, -0.15) is 0 Å². The minimum atomic E-state index is 0.658. The number of nitrogens with one attached hydrogen (secondary N) is 1. The first kappa shape index (κ1) is 11.6. The Hall–Kier alpha value is -1.88. The average Bonchev–Trinajstić information content (AvgIpc) is 2.40. The molecule has 86 valence electrons. The smallest absolute Gasteiger partial charge is 0.211 e. The zero-order chi connectivity index (χ0) is 12.1. The highest BCUT2D eigenvalue weighted by Crippen LogP contribution is 2.20. The van der Waals surface area contributed by atoms with Gasteiger partial charge in [0.25, 0.3) is 0 Å². The molecule has 0 fully saturated rings. The minimum absolute atomic E-state index is 0.658. The van der Waals surface area contributed by atoms with Crippen molar-refractivity contribution >= 4 is 23.9 Å². The molecule has 1 aromatic heterocycles. The molecule has 0 aliphatic heterocycles. The van der Waals surface area contributed by atoms with Crippen LogP contribution in [0.15, 0.2) is 41.7 Å². The van der Waals surface area contributed by atoms with Gasteiger partial charge in [0.1, 0.15) is 0 Å². The summed E-state index contributed by atoms with van der Waals surface area (Å²) in [5.41, 5.74) is 2.64. The number of amides is 1. The lowest BCUT2D eigenvalue weighted by Crippen LogP contribution is -1.93. The van der Waals surface area contributed by atoms with Crippen LogP contribution < -0.4 is 5.32 Å². The third-order valence-electron chi connectivity index (χ3n) is 2.22. The van der Waals surface area contributed by atoms with Crippen molar-refractivity contribution in [1.82, 2.24) is 9.97 Å². The summed E-state index contributed by atoms with van der Waals surface area (Å²) in [7, 11) is 0. The summed E-state index contributed by atoms with van der Waals surface area (Å²) in [6.45, 7) is 0. The second kappa shape index (κ2) is 5.45. The Kier molecular flexibility index (Phi) is 3.72. The van der Waals surface area contributed by atoms with Gasteiger partial charge in [0.2, 0.25) is 6.41 Å². The first-order valence-electron chi connectivity index (χ1n) is 5.01. The molecule has 0 bridgehead atoms. The van der Waals surface area contributed by atoms with Gasteiger partial charge in [0.05, 0.1) is 5.69 Å². The van der Waals surface area contributed by atoms with E-state index in [0.29, 0.717) is 6.41 Å². The standard InChI is InChI=1S/C12H11N3OS/c1-17-12-13-7-6-11(15-12)9-2-4-10(5-3-9)14-8-16/h2-8H,1H3,(H,14,16). The number of anilines is 1. The molecule has 2 aromatic rings. The van der Waals surface area contributed by atoms with Gasteiger partial charge in [-0.3, -0.25) is 4.79 Å². The molecule has 1 aromatic carbocycles. The highest BCUT2D eigenvalue weighted by Gasteiger charge is 2.01. The predicted molar refractivity (Wildman–Crippen MR) is 68.9 cm³/mol. The monoisotopic (exact) mass is 245 g/mol. The lowest BCUT2D eigenvalue weighted by molar-refractivity contribution is -0.105. The van der Waals surface area contributed by atoms with E-state index in [2.05, 4.69) is 15.3 Å². The molecule has 0 saturated heterocycles. The van der Waals surface area contributed by atoms with Gasteiger partial charge in [0.15, 0.2) is 5.16 Å². The Bertz CT molecular complexity index is 513. The first-order chi connectivity index (χ1) is 8.33. The summed E-state index contributed by atoms with van der Waals surface area (Å²) in [4.78, 5) is 18.8. The van der Waals surface area contributed by atoms with Crippen LogP contribution in [0, 0.1) is 0 Å². The topological polar surface area (TPSA) is 54.9 Å². The van der Waals surface area contributed by atoms with Gasteiger partial charge in [-0.25, -0.2) is 9.97 Å². The zero-order valence-corrected chi connectivity index (χ0v) is 10.1. The molecule has 0 saturated carbocycles. The molecular weight excluding hydrogens is 234 g/mol. The molecule has 2 rings (SSSR count). The molecule has 1 heterocycles. The summed E-state index contributed by atoms with van der Waals surface area (Å²) < 4.78 is 0. The van der Waals surface area contributed by atoms with Gasteiger partial charge < -0.3 is 5.32 Å². The summed E-state index contributed by atoms with van der Waals surface area (Å²) in [5.74, 6) is 0. The number of thioether (sulfide) groups is 1. The van der Waals surface area contributed by atoms with Gasteiger partial charge in [-0.05, 0) is 24.5 Å². The molecule has 0 radical (unpaired) electrons. The van der Waals surface area contributed by atoms with Crippen LogP contribution in [-0.2, 0) is 4.79 Å². The first-order valence-corrected chi connectivity index (χ1v) is 6.23. The Labute approximate surface area is 103 Å². The van der Waals surface area contributed by atoms with Crippen molar-refractivity contribution in [2.75, 3.05) is 11.6 Å². The molecule has 0 unspecified atom stereocenters. The third-order valence-corrected chi connectivity index (χ3v) is 2.78. The minimum Gasteiger partial charge on any atom is -0.329 e. The van der Waals surface area contributed by atoms with Crippen LogP contribution in [0.1, 0.15) is 0 Å². The number of carbonyl (C=O) groups is 1. The van der Waals surface area contributed by atoms with E-state index in [9.17, 15) is 4.79 Å².